The third-order valence-electron chi connectivity index (χ3n) is 3.60. The predicted octanol–water partition coefficient (Wildman–Crippen LogP) is 1.20. The molecule has 1 atom stereocenters. The molecule has 3 heterocycles. The highest BCUT2D eigenvalue weighted by molar-refractivity contribution is 7.71. The first-order chi connectivity index (χ1) is 9.52. The molecular formula is C12H15N5O2S. The van der Waals surface area contributed by atoms with Crippen LogP contribution in [0.4, 0.5) is 0 Å². The molecule has 1 aliphatic rings. The van der Waals surface area contributed by atoms with Crippen molar-refractivity contribution in [2.75, 3.05) is 0 Å². The topological polar surface area (TPSA) is 84.7 Å². The van der Waals surface area contributed by atoms with E-state index < -0.39 is 6.04 Å². The van der Waals surface area contributed by atoms with Crippen LogP contribution in [0.2, 0.25) is 0 Å². The number of aryl methyl sites for hydroxylation is 2. The number of imide groups is 1. The van der Waals surface area contributed by atoms with E-state index in [2.05, 4.69) is 15.4 Å². The molecule has 2 N–H and O–H groups in total. The molecule has 0 spiro atoms. The first kappa shape index (κ1) is 13.0. The van der Waals surface area contributed by atoms with Gasteiger partial charge >= 0.3 is 0 Å². The van der Waals surface area contributed by atoms with E-state index >= 15 is 0 Å². The van der Waals surface area contributed by atoms with Crippen LogP contribution in [-0.2, 0) is 16.1 Å². The lowest BCUT2D eigenvalue weighted by Crippen LogP contribution is -2.41. The molecule has 0 radical (unpaired) electrons. The Hall–Kier alpha value is -1.96. The predicted molar refractivity (Wildman–Crippen MR) is 74.7 cm³/mol. The number of carbonyl (C=O) groups is 2. The monoisotopic (exact) mass is 293 g/mol. The summed E-state index contributed by atoms with van der Waals surface area (Å²) in [6.07, 6.45) is 0.782. The summed E-state index contributed by atoms with van der Waals surface area (Å²) in [7, 11) is 0. The number of amides is 2. The minimum atomic E-state index is -0.463. The summed E-state index contributed by atoms with van der Waals surface area (Å²) in [6, 6.07) is -0.463. The van der Waals surface area contributed by atoms with Crippen LogP contribution in [-0.4, -0.2) is 31.1 Å². The van der Waals surface area contributed by atoms with Crippen LogP contribution < -0.4 is 5.32 Å². The Morgan fingerprint density at radius 3 is 2.85 bits per heavy atom. The molecule has 20 heavy (non-hydrogen) atoms. The van der Waals surface area contributed by atoms with Crippen LogP contribution in [0.5, 0.6) is 0 Å². The first-order valence-corrected chi connectivity index (χ1v) is 6.95. The zero-order valence-electron chi connectivity index (χ0n) is 11.3. The second kappa shape index (κ2) is 4.55. The fourth-order valence-corrected chi connectivity index (χ4v) is 2.98. The maximum atomic E-state index is 12.1. The molecule has 0 saturated carbocycles. The van der Waals surface area contributed by atoms with Gasteiger partial charge in [-0.3, -0.25) is 19.5 Å². The van der Waals surface area contributed by atoms with E-state index in [1.165, 1.54) is 0 Å². The Morgan fingerprint density at radius 2 is 2.20 bits per heavy atom. The summed E-state index contributed by atoms with van der Waals surface area (Å²) in [5.41, 5.74) is 2.50. The van der Waals surface area contributed by atoms with E-state index in [0.717, 1.165) is 16.9 Å². The van der Waals surface area contributed by atoms with E-state index in [-0.39, 0.29) is 11.8 Å². The van der Waals surface area contributed by atoms with E-state index in [0.29, 0.717) is 24.2 Å². The quantitative estimate of drug-likeness (QED) is 0.643. The summed E-state index contributed by atoms with van der Waals surface area (Å²) in [5, 5.41) is 6.79. The van der Waals surface area contributed by atoms with Gasteiger partial charge in [-0.2, -0.15) is 5.10 Å². The molecule has 2 amide bonds. The maximum absolute atomic E-state index is 12.1. The fraction of sp³-hybridized carbons (Fsp3) is 0.500. The first-order valence-electron chi connectivity index (χ1n) is 6.54. The summed E-state index contributed by atoms with van der Waals surface area (Å²) in [4.78, 5) is 26.4. The van der Waals surface area contributed by atoms with Crippen LogP contribution in [0.1, 0.15) is 31.5 Å². The standard InChI is InChI=1S/C12H15N5O2S/c1-3-16-11-9(6(2)15-16)14-12(20)17(11)7-4-5-8(18)13-10(7)19/h7H,3-5H2,1-2H3,(H,14,20)(H,13,18,19). The summed E-state index contributed by atoms with van der Waals surface area (Å²) < 4.78 is 4.08. The zero-order valence-corrected chi connectivity index (χ0v) is 12.1. The number of piperidine rings is 1. The molecule has 2 aromatic rings. The van der Waals surface area contributed by atoms with Gasteiger partial charge in [0.05, 0.1) is 5.69 Å². The van der Waals surface area contributed by atoms with Gasteiger partial charge in [0.15, 0.2) is 10.4 Å². The van der Waals surface area contributed by atoms with Crippen molar-refractivity contribution in [1.29, 1.82) is 0 Å². The summed E-state index contributed by atoms with van der Waals surface area (Å²) in [5.74, 6) is -0.538. The Labute approximate surface area is 120 Å². The van der Waals surface area contributed by atoms with Crippen molar-refractivity contribution in [3.05, 3.63) is 10.5 Å². The number of aromatic nitrogens is 4. The number of carbonyl (C=O) groups excluding carboxylic acids is 2. The zero-order chi connectivity index (χ0) is 14.4. The molecule has 8 heteroatoms. The van der Waals surface area contributed by atoms with Crippen molar-refractivity contribution in [2.24, 2.45) is 0 Å². The molecule has 0 bridgehead atoms. The second-order valence-corrected chi connectivity index (χ2v) is 5.25. The average molecular weight is 293 g/mol. The van der Waals surface area contributed by atoms with Crippen molar-refractivity contribution in [1.82, 2.24) is 24.6 Å². The normalized spacial score (nSPS) is 19.6. The van der Waals surface area contributed by atoms with Crippen molar-refractivity contribution >= 4 is 35.2 Å². The van der Waals surface area contributed by atoms with Gasteiger partial charge in [-0.1, -0.05) is 0 Å². The highest BCUT2D eigenvalue weighted by atomic mass is 32.1. The summed E-state index contributed by atoms with van der Waals surface area (Å²) >= 11 is 5.34. The van der Waals surface area contributed by atoms with Gasteiger partial charge in [-0.25, -0.2) is 4.68 Å². The second-order valence-electron chi connectivity index (χ2n) is 4.87. The van der Waals surface area contributed by atoms with Crippen molar-refractivity contribution < 1.29 is 9.59 Å². The van der Waals surface area contributed by atoms with Gasteiger partial charge in [0.1, 0.15) is 11.6 Å². The molecule has 106 valence electrons. The SMILES string of the molecule is CCn1nc(C)c2[nH]c(=S)n(C3CCC(=O)NC3=O)c21. The van der Waals surface area contributed by atoms with Gasteiger partial charge in [-0.05, 0) is 32.5 Å². The largest absolute Gasteiger partial charge is 0.328 e. The van der Waals surface area contributed by atoms with E-state index in [4.69, 9.17) is 12.2 Å². The number of nitrogens with one attached hydrogen (secondary N) is 2. The van der Waals surface area contributed by atoms with Crippen LogP contribution in [0, 0.1) is 11.7 Å². The van der Waals surface area contributed by atoms with Crippen LogP contribution in [0.25, 0.3) is 11.2 Å². The lowest BCUT2D eigenvalue weighted by Gasteiger charge is -2.22. The molecule has 0 aliphatic carbocycles. The molecule has 3 rings (SSSR count). The van der Waals surface area contributed by atoms with Crippen LogP contribution >= 0.6 is 12.2 Å². The van der Waals surface area contributed by atoms with Crippen molar-refractivity contribution in [2.45, 2.75) is 39.3 Å². The minimum Gasteiger partial charge on any atom is -0.328 e. The molecule has 1 aliphatic heterocycles. The molecule has 1 fully saturated rings. The van der Waals surface area contributed by atoms with Gasteiger partial charge in [-0.15, -0.1) is 0 Å². The Balaban J connectivity index is 2.20. The molecule has 1 saturated heterocycles. The Bertz CT molecular complexity index is 769. The van der Waals surface area contributed by atoms with Crippen LogP contribution in [0.15, 0.2) is 0 Å². The van der Waals surface area contributed by atoms with E-state index in [1.807, 2.05) is 18.5 Å². The third-order valence-corrected chi connectivity index (χ3v) is 3.90. The number of aromatic amines is 1. The molecule has 7 nitrogen and oxygen atoms in total. The highest BCUT2D eigenvalue weighted by Crippen LogP contribution is 2.26. The maximum Gasteiger partial charge on any atom is 0.249 e. The number of fused-ring (bicyclic) bond motifs is 1. The number of nitrogens with zero attached hydrogens (tertiary/aromatic N) is 3. The Kier molecular flexibility index (Phi) is 2.97. The molecular weight excluding hydrogens is 278 g/mol. The summed E-state index contributed by atoms with van der Waals surface area (Å²) in [6.45, 7) is 4.57. The minimum absolute atomic E-state index is 0.232. The van der Waals surface area contributed by atoms with Gasteiger partial charge in [0.25, 0.3) is 0 Å². The molecule has 1 unspecified atom stereocenters. The average Bonchev–Trinajstić information content (AvgIpc) is 2.88. The van der Waals surface area contributed by atoms with Crippen molar-refractivity contribution in [3.63, 3.8) is 0 Å². The number of H-pyrrole nitrogens is 1. The number of hydrogen-bond donors (Lipinski definition) is 2. The Morgan fingerprint density at radius 1 is 1.45 bits per heavy atom. The number of hydrogen-bond acceptors (Lipinski definition) is 4. The van der Waals surface area contributed by atoms with Crippen LogP contribution in [0.3, 0.4) is 0 Å². The van der Waals surface area contributed by atoms with E-state index in [9.17, 15) is 9.59 Å². The molecule has 0 aromatic carbocycles. The highest BCUT2D eigenvalue weighted by Gasteiger charge is 2.31. The number of rotatable bonds is 2. The van der Waals surface area contributed by atoms with Gasteiger partial charge in [0, 0.05) is 13.0 Å². The van der Waals surface area contributed by atoms with E-state index in [1.54, 1.807) is 4.57 Å². The van der Waals surface area contributed by atoms with Gasteiger partial charge in [0.2, 0.25) is 11.8 Å². The van der Waals surface area contributed by atoms with Gasteiger partial charge < -0.3 is 4.98 Å². The number of imidazole rings is 1. The molecule has 2 aromatic heterocycles. The smallest absolute Gasteiger partial charge is 0.249 e. The fourth-order valence-electron chi connectivity index (χ4n) is 2.66. The lowest BCUT2D eigenvalue weighted by atomic mass is 10.1. The van der Waals surface area contributed by atoms with Crippen molar-refractivity contribution in [3.8, 4) is 0 Å². The lowest BCUT2D eigenvalue weighted by molar-refractivity contribution is -0.135. The third kappa shape index (κ3) is 1.79.